The lowest BCUT2D eigenvalue weighted by Gasteiger charge is -2.08. The molecule has 2 rings (SSSR count). The molecule has 0 aliphatic rings. The molecule has 0 atom stereocenters. The molecule has 0 fully saturated rings. The summed E-state index contributed by atoms with van der Waals surface area (Å²) in [6.07, 6.45) is 1.79. The summed E-state index contributed by atoms with van der Waals surface area (Å²) in [5.41, 5.74) is 3.39. The van der Waals surface area contributed by atoms with Gasteiger partial charge >= 0.3 is 0 Å². The Morgan fingerprint density at radius 1 is 1.17 bits per heavy atom. The van der Waals surface area contributed by atoms with Gasteiger partial charge in [-0.25, -0.2) is 0 Å². The van der Waals surface area contributed by atoms with Gasteiger partial charge in [-0.2, -0.15) is 0 Å². The van der Waals surface area contributed by atoms with Crippen LogP contribution in [0.5, 0.6) is 5.75 Å². The molecule has 1 N–H and O–H groups in total. The minimum absolute atomic E-state index is 0.512. The Morgan fingerprint density at radius 2 is 1.94 bits per heavy atom. The summed E-state index contributed by atoms with van der Waals surface area (Å²) in [6.45, 7) is 3.43. The Balaban J connectivity index is 1.96. The average Bonchev–Trinajstić information content (AvgIpc) is 2.40. The Kier molecular flexibility index (Phi) is 4.31. The van der Waals surface area contributed by atoms with Gasteiger partial charge in [0.2, 0.25) is 0 Å². The monoisotopic (exact) mass is 242 g/mol. The van der Waals surface area contributed by atoms with Crippen molar-refractivity contribution in [3.63, 3.8) is 0 Å². The van der Waals surface area contributed by atoms with E-state index in [1.165, 1.54) is 5.56 Å². The van der Waals surface area contributed by atoms with Crippen LogP contribution in [0.2, 0.25) is 0 Å². The zero-order valence-electron chi connectivity index (χ0n) is 10.8. The number of aromatic nitrogens is 1. The van der Waals surface area contributed by atoms with E-state index in [9.17, 15) is 0 Å². The number of benzene rings is 1. The van der Waals surface area contributed by atoms with Crippen molar-refractivity contribution >= 4 is 0 Å². The van der Waals surface area contributed by atoms with E-state index >= 15 is 0 Å². The van der Waals surface area contributed by atoms with E-state index in [-0.39, 0.29) is 0 Å². The van der Waals surface area contributed by atoms with Crippen molar-refractivity contribution in [1.29, 1.82) is 0 Å². The highest BCUT2D eigenvalue weighted by atomic mass is 16.5. The first kappa shape index (κ1) is 12.6. The average molecular weight is 242 g/mol. The lowest BCUT2D eigenvalue weighted by molar-refractivity contribution is 0.300. The molecule has 0 aliphatic heterocycles. The molecule has 1 heterocycles. The van der Waals surface area contributed by atoms with Gasteiger partial charge in [0, 0.05) is 12.7 Å². The Morgan fingerprint density at radius 3 is 2.61 bits per heavy atom. The molecule has 0 bridgehead atoms. The normalized spacial score (nSPS) is 10.3. The van der Waals surface area contributed by atoms with Crippen LogP contribution in [0.15, 0.2) is 42.6 Å². The van der Waals surface area contributed by atoms with Gasteiger partial charge in [-0.05, 0) is 43.3 Å². The van der Waals surface area contributed by atoms with Crippen molar-refractivity contribution < 1.29 is 4.74 Å². The molecule has 18 heavy (non-hydrogen) atoms. The Hall–Kier alpha value is -1.87. The second-order valence-electron chi connectivity index (χ2n) is 4.23. The van der Waals surface area contributed by atoms with E-state index in [0.29, 0.717) is 6.61 Å². The second-order valence-corrected chi connectivity index (χ2v) is 4.23. The van der Waals surface area contributed by atoms with Crippen LogP contribution in [-0.2, 0) is 13.2 Å². The topological polar surface area (TPSA) is 34.1 Å². The molecule has 0 saturated heterocycles. The molecule has 0 radical (unpaired) electrons. The Labute approximate surface area is 108 Å². The summed E-state index contributed by atoms with van der Waals surface area (Å²) in [6, 6.07) is 12.1. The van der Waals surface area contributed by atoms with Crippen molar-refractivity contribution in [2.75, 3.05) is 7.05 Å². The molecule has 1 aromatic heterocycles. The zero-order valence-corrected chi connectivity index (χ0v) is 10.8. The van der Waals surface area contributed by atoms with Crippen LogP contribution >= 0.6 is 0 Å². The molecule has 0 saturated carbocycles. The van der Waals surface area contributed by atoms with Crippen LogP contribution in [0.1, 0.15) is 16.8 Å². The molecule has 2 aromatic rings. The third kappa shape index (κ3) is 3.31. The van der Waals surface area contributed by atoms with Crippen molar-refractivity contribution in [1.82, 2.24) is 10.3 Å². The number of aryl methyl sites for hydroxylation is 1. The fourth-order valence-corrected chi connectivity index (χ4v) is 1.73. The summed E-state index contributed by atoms with van der Waals surface area (Å²) in [7, 11) is 1.94. The molecule has 94 valence electrons. The molecule has 0 amide bonds. The van der Waals surface area contributed by atoms with Gasteiger partial charge in [-0.3, -0.25) is 4.98 Å². The molecule has 3 heteroatoms. The van der Waals surface area contributed by atoms with Crippen molar-refractivity contribution in [2.45, 2.75) is 20.1 Å². The van der Waals surface area contributed by atoms with Crippen molar-refractivity contribution in [3.8, 4) is 5.75 Å². The molecule has 0 unspecified atom stereocenters. The summed E-state index contributed by atoms with van der Waals surface area (Å²) in [4.78, 5) is 4.31. The minimum atomic E-state index is 0.512. The van der Waals surface area contributed by atoms with E-state index in [0.717, 1.165) is 23.6 Å². The molecular weight excluding hydrogens is 224 g/mol. The van der Waals surface area contributed by atoms with Gasteiger partial charge in [0.25, 0.3) is 0 Å². The number of nitrogens with one attached hydrogen (secondary N) is 1. The summed E-state index contributed by atoms with van der Waals surface area (Å²) >= 11 is 0. The number of hydrogen-bond acceptors (Lipinski definition) is 3. The predicted molar refractivity (Wildman–Crippen MR) is 72.5 cm³/mol. The van der Waals surface area contributed by atoms with Crippen LogP contribution in [0.4, 0.5) is 0 Å². The van der Waals surface area contributed by atoms with Crippen LogP contribution in [0.25, 0.3) is 0 Å². The lowest BCUT2D eigenvalue weighted by Crippen LogP contribution is -2.05. The third-order valence-corrected chi connectivity index (χ3v) is 2.80. The third-order valence-electron chi connectivity index (χ3n) is 2.80. The van der Waals surface area contributed by atoms with Gasteiger partial charge in [0.05, 0.1) is 5.69 Å². The second kappa shape index (κ2) is 6.17. The van der Waals surface area contributed by atoms with E-state index in [2.05, 4.69) is 22.4 Å². The van der Waals surface area contributed by atoms with Gasteiger partial charge < -0.3 is 10.1 Å². The standard InChI is InChI=1S/C15H18N2O/c1-12-4-3-9-17-15(12)11-18-14-7-5-13(6-8-14)10-16-2/h3-9,16H,10-11H2,1-2H3. The number of rotatable bonds is 5. The molecule has 0 spiro atoms. The number of pyridine rings is 1. The molecular formula is C15H18N2O. The van der Waals surface area contributed by atoms with Gasteiger partial charge in [0.15, 0.2) is 0 Å². The smallest absolute Gasteiger partial charge is 0.130 e. The van der Waals surface area contributed by atoms with Crippen molar-refractivity contribution in [2.24, 2.45) is 0 Å². The van der Waals surface area contributed by atoms with Crippen molar-refractivity contribution in [3.05, 3.63) is 59.4 Å². The van der Waals surface area contributed by atoms with E-state index in [1.54, 1.807) is 6.20 Å². The van der Waals surface area contributed by atoms with Gasteiger partial charge in [-0.1, -0.05) is 18.2 Å². The van der Waals surface area contributed by atoms with Crippen LogP contribution < -0.4 is 10.1 Å². The first-order valence-electron chi connectivity index (χ1n) is 6.06. The highest BCUT2D eigenvalue weighted by Gasteiger charge is 2.00. The van der Waals surface area contributed by atoms with E-state index in [4.69, 9.17) is 4.74 Å². The lowest BCUT2D eigenvalue weighted by atomic mass is 10.2. The zero-order chi connectivity index (χ0) is 12.8. The van der Waals surface area contributed by atoms with Crippen LogP contribution in [-0.4, -0.2) is 12.0 Å². The highest BCUT2D eigenvalue weighted by Crippen LogP contribution is 2.14. The van der Waals surface area contributed by atoms with Crippen LogP contribution in [0, 0.1) is 6.92 Å². The highest BCUT2D eigenvalue weighted by molar-refractivity contribution is 5.27. The predicted octanol–water partition coefficient (Wildman–Crippen LogP) is 2.69. The maximum atomic E-state index is 5.72. The largest absolute Gasteiger partial charge is 0.487 e. The SMILES string of the molecule is CNCc1ccc(OCc2ncccc2C)cc1. The van der Waals surface area contributed by atoms with E-state index < -0.39 is 0 Å². The minimum Gasteiger partial charge on any atom is -0.487 e. The summed E-state index contributed by atoms with van der Waals surface area (Å²) in [5.74, 6) is 0.875. The van der Waals surface area contributed by atoms with Crippen LogP contribution in [0.3, 0.4) is 0 Å². The number of hydrogen-bond donors (Lipinski definition) is 1. The molecule has 0 aliphatic carbocycles. The number of ether oxygens (including phenoxy) is 1. The fraction of sp³-hybridized carbons (Fsp3) is 0.267. The summed E-state index contributed by atoms with van der Waals surface area (Å²) in [5, 5.41) is 3.12. The summed E-state index contributed by atoms with van der Waals surface area (Å²) < 4.78 is 5.72. The van der Waals surface area contributed by atoms with E-state index in [1.807, 2.05) is 38.2 Å². The Bertz CT molecular complexity index is 494. The fourth-order valence-electron chi connectivity index (χ4n) is 1.73. The molecule has 3 nitrogen and oxygen atoms in total. The first-order chi connectivity index (χ1) is 8.79. The molecule has 1 aromatic carbocycles. The maximum Gasteiger partial charge on any atom is 0.130 e. The quantitative estimate of drug-likeness (QED) is 0.875. The van der Waals surface area contributed by atoms with Gasteiger partial charge in [-0.15, -0.1) is 0 Å². The first-order valence-corrected chi connectivity index (χ1v) is 6.06. The maximum absolute atomic E-state index is 5.72. The number of nitrogens with zero attached hydrogens (tertiary/aromatic N) is 1. The van der Waals surface area contributed by atoms with Gasteiger partial charge in [0.1, 0.15) is 12.4 Å².